The lowest BCUT2D eigenvalue weighted by Crippen LogP contribution is -2.24. The molecule has 0 heterocycles. The highest BCUT2D eigenvalue weighted by molar-refractivity contribution is 6.14. The van der Waals surface area contributed by atoms with Crippen molar-refractivity contribution in [2.45, 2.75) is 78.7 Å². The average Bonchev–Trinajstić information content (AvgIpc) is 2.66. The second-order valence-electron chi connectivity index (χ2n) is 8.58. The molecule has 0 radical (unpaired) electrons. The molecule has 30 heavy (non-hydrogen) atoms. The van der Waals surface area contributed by atoms with Gasteiger partial charge in [-0.05, 0) is 70.1 Å². The van der Waals surface area contributed by atoms with Crippen molar-refractivity contribution in [2.75, 3.05) is 13.7 Å². The minimum absolute atomic E-state index is 0.150. The summed E-state index contributed by atoms with van der Waals surface area (Å²) in [6, 6.07) is 0. The SMILES string of the molecule is CCCC(CCCC(=O)OC(C)(C)C)CN/C=C1\C(=N)C=CC(C(=O)OC)=C1CC. The van der Waals surface area contributed by atoms with Gasteiger partial charge in [-0.2, -0.15) is 0 Å². The van der Waals surface area contributed by atoms with Crippen LogP contribution in [-0.4, -0.2) is 36.9 Å². The van der Waals surface area contributed by atoms with Crippen LogP contribution in [0.4, 0.5) is 0 Å². The monoisotopic (exact) mass is 418 g/mol. The van der Waals surface area contributed by atoms with E-state index in [4.69, 9.17) is 14.9 Å². The first kappa shape index (κ1) is 25.7. The number of rotatable bonds is 11. The third-order valence-corrected chi connectivity index (χ3v) is 4.88. The molecule has 0 bridgehead atoms. The van der Waals surface area contributed by atoms with E-state index in [9.17, 15) is 9.59 Å². The number of allylic oxidation sites excluding steroid dienone is 3. The maximum atomic E-state index is 12.0. The standard InChI is InChI=1S/C24H38N2O4/c1-7-10-17(11-9-12-22(27)30-24(3,4)5)15-26-16-20-18(8-2)19(23(28)29-6)13-14-21(20)25/h13-14,16-17,25-26H,7-12,15H2,1-6H3/b20-16-,25-21?. The molecule has 1 unspecified atom stereocenters. The van der Waals surface area contributed by atoms with Gasteiger partial charge in [0.1, 0.15) is 5.60 Å². The van der Waals surface area contributed by atoms with E-state index in [1.54, 1.807) is 12.2 Å². The van der Waals surface area contributed by atoms with E-state index in [0.717, 1.165) is 43.4 Å². The fraction of sp³-hybridized carbons (Fsp3) is 0.625. The number of nitrogens with one attached hydrogen (secondary N) is 2. The molecular formula is C24H38N2O4. The van der Waals surface area contributed by atoms with Crippen LogP contribution in [0.25, 0.3) is 0 Å². The number of carbonyl (C=O) groups is 2. The summed E-state index contributed by atoms with van der Waals surface area (Å²) in [5.41, 5.74) is 1.99. The summed E-state index contributed by atoms with van der Waals surface area (Å²) in [4.78, 5) is 23.9. The Morgan fingerprint density at radius 3 is 2.47 bits per heavy atom. The van der Waals surface area contributed by atoms with E-state index < -0.39 is 5.60 Å². The molecule has 6 nitrogen and oxygen atoms in total. The van der Waals surface area contributed by atoms with Gasteiger partial charge >= 0.3 is 11.9 Å². The molecule has 0 spiro atoms. The molecule has 2 N–H and O–H groups in total. The van der Waals surface area contributed by atoms with Crippen LogP contribution in [0.15, 0.2) is 35.1 Å². The summed E-state index contributed by atoms with van der Waals surface area (Å²) in [6.45, 7) is 10.5. The smallest absolute Gasteiger partial charge is 0.338 e. The maximum Gasteiger partial charge on any atom is 0.338 e. The van der Waals surface area contributed by atoms with Crippen LogP contribution >= 0.6 is 0 Å². The molecule has 1 aliphatic rings. The zero-order chi connectivity index (χ0) is 22.7. The van der Waals surface area contributed by atoms with Gasteiger partial charge in [-0.15, -0.1) is 0 Å². The van der Waals surface area contributed by atoms with Crippen molar-refractivity contribution in [2.24, 2.45) is 5.92 Å². The second kappa shape index (κ2) is 12.4. The Labute approximate surface area is 181 Å². The lowest BCUT2D eigenvalue weighted by Gasteiger charge is -2.21. The molecule has 0 saturated heterocycles. The number of carbonyl (C=O) groups excluding carboxylic acids is 2. The van der Waals surface area contributed by atoms with Gasteiger partial charge in [0, 0.05) is 24.7 Å². The van der Waals surface area contributed by atoms with Crippen molar-refractivity contribution in [3.8, 4) is 0 Å². The number of esters is 2. The van der Waals surface area contributed by atoms with Gasteiger partial charge in [-0.25, -0.2) is 4.79 Å². The van der Waals surface area contributed by atoms with Crippen LogP contribution in [0.1, 0.15) is 73.1 Å². The third kappa shape index (κ3) is 8.56. The molecule has 0 amide bonds. The van der Waals surface area contributed by atoms with E-state index in [2.05, 4.69) is 12.2 Å². The average molecular weight is 419 g/mol. The fourth-order valence-electron chi connectivity index (χ4n) is 3.52. The normalized spacial score (nSPS) is 16.6. The number of ether oxygens (including phenoxy) is 2. The quantitative estimate of drug-likeness (QED) is 0.468. The first-order valence-corrected chi connectivity index (χ1v) is 10.9. The molecule has 0 aliphatic heterocycles. The Kier molecular flexibility index (Phi) is 10.6. The topological polar surface area (TPSA) is 88.5 Å². The van der Waals surface area contributed by atoms with E-state index in [1.807, 2.05) is 33.9 Å². The molecule has 0 aromatic carbocycles. The van der Waals surface area contributed by atoms with Gasteiger partial charge in [0.05, 0.1) is 18.4 Å². The summed E-state index contributed by atoms with van der Waals surface area (Å²) in [6.07, 6.45) is 10.0. The molecule has 0 saturated carbocycles. The Morgan fingerprint density at radius 2 is 1.90 bits per heavy atom. The number of hydrogen-bond acceptors (Lipinski definition) is 6. The molecule has 0 fully saturated rings. The van der Waals surface area contributed by atoms with Crippen LogP contribution < -0.4 is 5.32 Å². The van der Waals surface area contributed by atoms with Gasteiger partial charge in [0.2, 0.25) is 0 Å². The first-order valence-electron chi connectivity index (χ1n) is 10.9. The predicted molar refractivity (Wildman–Crippen MR) is 120 cm³/mol. The molecule has 1 atom stereocenters. The van der Waals surface area contributed by atoms with E-state index in [0.29, 0.717) is 30.0 Å². The Balaban J connectivity index is 2.71. The van der Waals surface area contributed by atoms with Crippen molar-refractivity contribution >= 4 is 17.7 Å². The van der Waals surface area contributed by atoms with Gasteiger partial charge in [0.15, 0.2) is 0 Å². The summed E-state index contributed by atoms with van der Waals surface area (Å²) in [5, 5.41) is 11.6. The van der Waals surface area contributed by atoms with Crippen LogP contribution in [0.3, 0.4) is 0 Å². The van der Waals surface area contributed by atoms with Gasteiger partial charge in [-0.1, -0.05) is 20.3 Å². The van der Waals surface area contributed by atoms with E-state index >= 15 is 0 Å². The van der Waals surface area contributed by atoms with Gasteiger partial charge in [-0.3, -0.25) is 4.79 Å². The minimum Gasteiger partial charge on any atom is -0.465 e. The highest BCUT2D eigenvalue weighted by atomic mass is 16.6. The molecule has 6 heteroatoms. The zero-order valence-corrected chi connectivity index (χ0v) is 19.4. The fourth-order valence-corrected chi connectivity index (χ4v) is 3.52. The molecule has 1 aliphatic carbocycles. The minimum atomic E-state index is -0.444. The van der Waals surface area contributed by atoms with Crippen LogP contribution in [0.5, 0.6) is 0 Å². The predicted octanol–water partition coefficient (Wildman–Crippen LogP) is 4.86. The largest absolute Gasteiger partial charge is 0.465 e. The first-order chi connectivity index (χ1) is 14.1. The third-order valence-electron chi connectivity index (χ3n) is 4.88. The summed E-state index contributed by atoms with van der Waals surface area (Å²) in [5.74, 6) is -0.104. The maximum absolute atomic E-state index is 12.0. The summed E-state index contributed by atoms with van der Waals surface area (Å²) in [7, 11) is 1.37. The van der Waals surface area contributed by atoms with Crippen LogP contribution in [-0.2, 0) is 19.1 Å². The Bertz CT molecular complexity index is 711. The summed E-state index contributed by atoms with van der Waals surface area (Å²) >= 11 is 0. The highest BCUT2D eigenvalue weighted by Gasteiger charge is 2.22. The van der Waals surface area contributed by atoms with E-state index in [1.165, 1.54) is 7.11 Å². The number of methoxy groups -OCH3 is 1. The van der Waals surface area contributed by atoms with Crippen LogP contribution in [0.2, 0.25) is 0 Å². The van der Waals surface area contributed by atoms with Crippen molar-refractivity contribution < 1.29 is 19.1 Å². The second-order valence-corrected chi connectivity index (χ2v) is 8.58. The lowest BCUT2D eigenvalue weighted by atomic mass is 9.89. The summed E-state index contributed by atoms with van der Waals surface area (Å²) < 4.78 is 10.2. The van der Waals surface area contributed by atoms with Crippen molar-refractivity contribution in [1.29, 1.82) is 5.41 Å². The van der Waals surface area contributed by atoms with Gasteiger partial charge < -0.3 is 20.2 Å². The van der Waals surface area contributed by atoms with Crippen molar-refractivity contribution in [1.82, 2.24) is 5.32 Å². The molecule has 168 valence electrons. The van der Waals surface area contributed by atoms with Crippen LogP contribution in [0, 0.1) is 11.3 Å². The highest BCUT2D eigenvalue weighted by Crippen LogP contribution is 2.26. The Morgan fingerprint density at radius 1 is 1.20 bits per heavy atom. The van der Waals surface area contributed by atoms with E-state index in [-0.39, 0.29) is 11.9 Å². The molecule has 1 rings (SSSR count). The molecule has 0 aromatic heterocycles. The number of hydrogen-bond donors (Lipinski definition) is 2. The zero-order valence-electron chi connectivity index (χ0n) is 19.4. The molecule has 0 aromatic rings. The Hall–Kier alpha value is -2.37. The van der Waals surface area contributed by atoms with Crippen molar-refractivity contribution in [3.05, 3.63) is 35.1 Å². The molecular weight excluding hydrogens is 380 g/mol. The van der Waals surface area contributed by atoms with Gasteiger partial charge in [0.25, 0.3) is 0 Å². The van der Waals surface area contributed by atoms with Crippen molar-refractivity contribution in [3.63, 3.8) is 0 Å². The lowest BCUT2D eigenvalue weighted by molar-refractivity contribution is -0.155.